The third-order valence-electron chi connectivity index (χ3n) is 2.22. The van der Waals surface area contributed by atoms with E-state index in [1.165, 1.54) is 13.2 Å². The van der Waals surface area contributed by atoms with E-state index in [2.05, 4.69) is 4.74 Å². The molecular weight excluding hydrogens is 268 g/mol. The average Bonchev–Trinajstić information content (AvgIpc) is 2.33. The number of carbonyl (C=O) groups excluding carboxylic acids is 1. The quantitative estimate of drug-likeness (QED) is 0.456. The van der Waals surface area contributed by atoms with Crippen LogP contribution in [0.25, 0.3) is 0 Å². The van der Waals surface area contributed by atoms with Gasteiger partial charge in [0.2, 0.25) is 0 Å². The van der Waals surface area contributed by atoms with Crippen LogP contribution in [0.1, 0.15) is 16.8 Å². The fraction of sp³-hybridized carbons (Fsp3) is 0.417. The molecule has 3 nitrogen and oxygen atoms in total. The molecule has 1 rings (SSSR count). The molecule has 0 fully saturated rings. The summed E-state index contributed by atoms with van der Waals surface area (Å²) in [6.07, 6.45) is -5.47. The van der Waals surface area contributed by atoms with E-state index in [1.807, 2.05) is 0 Å². The number of halogens is 4. The number of hydrogen-bond donors (Lipinski definition) is 0. The van der Waals surface area contributed by atoms with Crippen molar-refractivity contribution in [2.45, 2.75) is 12.6 Å². The number of methoxy groups -OCH3 is 1. The van der Waals surface area contributed by atoms with Crippen molar-refractivity contribution in [3.8, 4) is 5.75 Å². The maximum Gasteiger partial charge on any atom is 0.391 e. The first-order chi connectivity index (χ1) is 8.83. The molecule has 1 aromatic carbocycles. The summed E-state index contributed by atoms with van der Waals surface area (Å²) in [6, 6.07) is 3.33. The predicted molar refractivity (Wildman–Crippen MR) is 58.8 cm³/mol. The molecule has 0 aromatic heterocycles. The topological polar surface area (TPSA) is 35.5 Å². The van der Waals surface area contributed by atoms with E-state index >= 15 is 0 Å². The van der Waals surface area contributed by atoms with Crippen LogP contribution in [0.4, 0.5) is 17.6 Å². The predicted octanol–water partition coefficient (Wildman–Crippen LogP) is 2.99. The van der Waals surface area contributed by atoms with Crippen LogP contribution in [0.15, 0.2) is 18.2 Å². The fourth-order valence-corrected chi connectivity index (χ4v) is 1.33. The Morgan fingerprint density at radius 3 is 2.58 bits per heavy atom. The van der Waals surface area contributed by atoms with E-state index < -0.39 is 37.4 Å². The van der Waals surface area contributed by atoms with Crippen molar-refractivity contribution in [3.05, 3.63) is 29.6 Å². The Hall–Kier alpha value is -1.63. The summed E-state index contributed by atoms with van der Waals surface area (Å²) in [5.74, 6) is -1.14. The summed E-state index contributed by atoms with van der Waals surface area (Å²) in [6.45, 7) is -1.18. The second-order valence-electron chi connectivity index (χ2n) is 3.69. The second-order valence-corrected chi connectivity index (χ2v) is 3.69. The van der Waals surface area contributed by atoms with Gasteiger partial charge < -0.3 is 9.47 Å². The first kappa shape index (κ1) is 15.4. The van der Waals surface area contributed by atoms with Crippen LogP contribution in [0.5, 0.6) is 5.75 Å². The Morgan fingerprint density at radius 2 is 2.00 bits per heavy atom. The molecule has 0 aliphatic carbocycles. The van der Waals surface area contributed by atoms with Gasteiger partial charge in [0.15, 0.2) is 5.78 Å². The van der Waals surface area contributed by atoms with Gasteiger partial charge >= 0.3 is 6.18 Å². The highest BCUT2D eigenvalue weighted by Crippen LogP contribution is 2.21. The molecule has 0 N–H and O–H groups in total. The van der Waals surface area contributed by atoms with Crippen LogP contribution in [0.3, 0.4) is 0 Å². The van der Waals surface area contributed by atoms with Crippen molar-refractivity contribution in [1.82, 2.24) is 0 Å². The lowest BCUT2D eigenvalue weighted by Crippen LogP contribution is -2.16. The van der Waals surface area contributed by atoms with Crippen molar-refractivity contribution in [3.63, 3.8) is 0 Å². The van der Waals surface area contributed by atoms with Gasteiger partial charge in [0, 0.05) is 0 Å². The Kier molecular flexibility index (Phi) is 5.29. The SMILES string of the molecule is COc1ccc(F)cc1C(=O)COCCC(F)(F)F. The maximum atomic E-state index is 13.0. The number of hydrogen-bond acceptors (Lipinski definition) is 3. The zero-order chi connectivity index (χ0) is 14.5. The molecule has 0 heterocycles. The Morgan fingerprint density at radius 1 is 1.32 bits per heavy atom. The van der Waals surface area contributed by atoms with E-state index in [9.17, 15) is 22.4 Å². The number of benzene rings is 1. The molecule has 0 amide bonds. The largest absolute Gasteiger partial charge is 0.496 e. The molecule has 19 heavy (non-hydrogen) atoms. The number of Topliss-reactive ketones (excluding diaryl/α,β-unsaturated/α-hetero) is 1. The highest BCUT2D eigenvalue weighted by Gasteiger charge is 2.26. The third kappa shape index (κ3) is 5.25. The highest BCUT2D eigenvalue weighted by molar-refractivity contribution is 5.99. The molecule has 0 aliphatic rings. The standard InChI is InChI=1S/C12H12F4O3/c1-18-11-3-2-8(13)6-9(11)10(17)7-19-5-4-12(14,15)16/h2-3,6H,4-5,7H2,1H3. The van der Waals surface area contributed by atoms with Gasteiger partial charge in [-0.25, -0.2) is 4.39 Å². The van der Waals surface area contributed by atoms with Gasteiger partial charge in [-0.3, -0.25) is 4.79 Å². The molecule has 0 bridgehead atoms. The Balaban J connectivity index is 2.56. The Labute approximate surface area is 107 Å². The van der Waals surface area contributed by atoms with Gasteiger partial charge in [0.1, 0.15) is 18.2 Å². The van der Waals surface area contributed by atoms with Gasteiger partial charge in [-0.2, -0.15) is 13.2 Å². The summed E-state index contributed by atoms with van der Waals surface area (Å²) in [7, 11) is 1.30. The van der Waals surface area contributed by atoms with E-state index in [-0.39, 0.29) is 11.3 Å². The number of ether oxygens (including phenoxy) is 2. The van der Waals surface area contributed by atoms with E-state index in [0.29, 0.717) is 0 Å². The van der Waals surface area contributed by atoms with Crippen molar-refractivity contribution in [2.24, 2.45) is 0 Å². The van der Waals surface area contributed by atoms with E-state index in [1.54, 1.807) is 0 Å². The molecule has 0 saturated heterocycles. The molecule has 0 atom stereocenters. The van der Waals surface area contributed by atoms with Crippen molar-refractivity contribution < 1.29 is 31.8 Å². The molecule has 7 heteroatoms. The van der Waals surface area contributed by atoms with Crippen LogP contribution in [0, 0.1) is 5.82 Å². The van der Waals surface area contributed by atoms with Crippen molar-refractivity contribution in [1.29, 1.82) is 0 Å². The van der Waals surface area contributed by atoms with Gasteiger partial charge in [-0.1, -0.05) is 0 Å². The molecule has 0 unspecified atom stereocenters. The number of carbonyl (C=O) groups is 1. The lowest BCUT2D eigenvalue weighted by Gasteiger charge is -2.09. The minimum absolute atomic E-state index is 0.0606. The minimum Gasteiger partial charge on any atom is -0.496 e. The maximum absolute atomic E-state index is 13.0. The zero-order valence-corrected chi connectivity index (χ0v) is 10.1. The molecule has 0 radical (unpaired) electrons. The van der Waals surface area contributed by atoms with Gasteiger partial charge in [-0.15, -0.1) is 0 Å². The van der Waals surface area contributed by atoms with Crippen molar-refractivity contribution >= 4 is 5.78 Å². The van der Waals surface area contributed by atoms with Crippen molar-refractivity contribution in [2.75, 3.05) is 20.3 Å². The van der Waals surface area contributed by atoms with E-state index in [0.717, 1.165) is 12.1 Å². The van der Waals surface area contributed by atoms with Crippen LogP contribution < -0.4 is 4.74 Å². The summed E-state index contributed by atoms with van der Waals surface area (Å²) in [5, 5.41) is 0. The van der Waals surface area contributed by atoms with E-state index in [4.69, 9.17) is 4.74 Å². The average molecular weight is 280 g/mol. The normalized spacial score (nSPS) is 11.4. The lowest BCUT2D eigenvalue weighted by molar-refractivity contribution is -0.144. The van der Waals surface area contributed by atoms with Gasteiger partial charge in [-0.05, 0) is 18.2 Å². The van der Waals surface area contributed by atoms with Gasteiger partial charge in [0.25, 0.3) is 0 Å². The third-order valence-corrected chi connectivity index (χ3v) is 2.22. The molecule has 0 spiro atoms. The smallest absolute Gasteiger partial charge is 0.391 e. The summed E-state index contributed by atoms with van der Waals surface area (Å²) >= 11 is 0. The van der Waals surface area contributed by atoms with Crippen LogP contribution >= 0.6 is 0 Å². The minimum atomic E-state index is -4.33. The van der Waals surface area contributed by atoms with Crippen LogP contribution in [-0.2, 0) is 4.74 Å². The molecular formula is C12H12F4O3. The highest BCUT2D eigenvalue weighted by atomic mass is 19.4. The van der Waals surface area contributed by atoms with Gasteiger partial charge in [0.05, 0.1) is 25.7 Å². The fourth-order valence-electron chi connectivity index (χ4n) is 1.33. The molecule has 106 valence electrons. The van der Waals surface area contributed by atoms with Crippen LogP contribution in [-0.4, -0.2) is 32.3 Å². The monoisotopic (exact) mass is 280 g/mol. The number of rotatable bonds is 6. The summed E-state index contributed by atoms with van der Waals surface area (Å²) < 4.78 is 58.0. The zero-order valence-electron chi connectivity index (χ0n) is 10.1. The molecule has 0 saturated carbocycles. The first-order valence-corrected chi connectivity index (χ1v) is 5.34. The first-order valence-electron chi connectivity index (χ1n) is 5.34. The number of ketones is 1. The van der Waals surface area contributed by atoms with Crippen LogP contribution in [0.2, 0.25) is 0 Å². The molecule has 0 aliphatic heterocycles. The summed E-state index contributed by atoms with van der Waals surface area (Å²) in [5.41, 5.74) is -0.0606. The second kappa shape index (κ2) is 6.51. The molecule has 1 aromatic rings. The Bertz CT molecular complexity index is 443. The number of alkyl halides is 3. The summed E-state index contributed by atoms with van der Waals surface area (Å²) in [4.78, 5) is 11.6. The lowest BCUT2D eigenvalue weighted by atomic mass is 10.1.